The summed E-state index contributed by atoms with van der Waals surface area (Å²) in [6, 6.07) is 5.40. The Labute approximate surface area is 129 Å². The number of halogens is 4. The molecule has 2 rings (SSSR count). The van der Waals surface area contributed by atoms with Gasteiger partial charge in [0.2, 0.25) is 5.95 Å². The number of aromatic nitrogens is 1. The van der Waals surface area contributed by atoms with Gasteiger partial charge in [0.05, 0.1) is 22.2 Å². The van der Waals surface area contributed by atoms with Gasteiger partial charge < -0.3 is 4.74 Å². The molecule has 104 valence electrons. The number of rotatable bonds is 2. The molecule has 2 aromatic rings. The molecule has 0 radical (unpaired) electrons. The third-order valence-electron chi connectivity index (χ3n) is 2.54. The van der Waals surface area contributed by atoms with Crippen molar-refractivity contribution in [1.82, 2.24) is 4.98 Å². The quantitative estimate of drug-likeness (QED) is 0.456. The van der Waals surface area contributed by atoms with Crippen LogP contribution in [-0.4, -0.2) is 18.1 Å². The number of carbonyl (C=O) groups is 1. The molecule has 0 unspecified atom stereocenters. The summed E-state index contributed by atoms with van der Waals surface area (Å²) in [4.78, 5) is 15.2. The topological polar surface area (TPSA) is 39.2 Å². The van der Waals surface area contributed by atoms with Crippen molar-refractivity contribution in [3.05, 3.63) is 51.0 Å². The van der Waals surface area contributed by atoms with Crippen LogP contribution in [0.15, 0.2) is 24.3 Å². The van der Waals surface area contributed by atoms with Crippen LogP contribution in [0.4, 0.5) is 4.39 Å². The molecule has 1 aromatic heterocycles. The van der Waals surface area contributed by atoms with Crippen molar-refractivity contribution in [2.75, 3.05) is 7.11 Å². The van der Waals surface area contributed by atoms with Crippen LogP contribution >= 0.6 is 34.8 Å². The highest BCUT2D eigenvalue weighted by Gasteiger charge is 2.19. The Balaban J connectivity index is 2.69. The van der Waals surface area contributed by atoms with Gasteiger partial charge in [-0.1, -0.05) is 34.8 Å². The molecule has 0 N–H and O–H groups in total. The number of hydrogen-bond acceptors (Lipinski definition) is 3. The van der Waals surface area contributed by atoms with Crippen molar-refractivity contribution in [3.8, 4) is 11.1 Å². The Morgan fingerprint density at radius 2 is 1.75 bits per heavy atom. The predicted molar refractivity (Wildman–Crippen MR) is 76.0 cm³/mol. The molecule has 20 heavy (non-hydrogen) atoms. The Hall–Kier alpha value is -1.36. The van der Waals surface area contributed by atoms with E-state index in [1.54, 1.807) is 0 Å². The zero-order valence-corrected chi connectivity index (χ0v) is 12.4. The zero-order valence-electron chi connectivity index (χ0n) is 10.1. The van der Waals surface area contributed by atoms with Crippen molar-refractivity contribution in [2.24, 2.45) is 0 Å². The van der Waals surface area contributed by atoms with Crippen LogP contribution in [0, 0.1) is 5.95 Å². The second-order valence-electron chi connectivity index (χ2n) is 3.77. The van der Waals surface area contributed by atoms with Gasteiger partial charge >= 0.3 is 5.97 Å². The lowest BCUT2D eigenvalue weighted by Gasteiger charge is -2.10. The van der Waals surface area contributed by atoms with Crippen LogP contribution < -0.4 is 0 Å². The average molecular weight is 335 g/mol. The molecule has 0 bridgehead atoms. The minimum atomic E-state index is -0.801. The maximum absolute atomic E-state index is 13.2. The lowest BCUT2D eigenvalue weighted by molar-refractivity contribution is 0.0593. The summed E-state index contributed by atoms with van der Waals surface area (Å²) >= 11 is 17.9. The minimum Gasteiger partial charge on any atom is -0.464 e. The first-order valence-electron chi connectivity index (χ1n) is 5.34. The molecule has 0 saturated heterocycles. The largest absolute Gasteiger partial charge is 0.464 e. The standard InChI is InChI=1S/C13H7Cl3FNO2/c1-20-13(19)12-6(2-3-11(17)18-12)7-4-9(15)10(16)5-8(7)14/h2-5H,1H3. The lowest BCUT2D eigenvalue weighted by Crippen LogP contribution is -2.08. The number of methoxy groups -OCH3 is 1. The fourth-order valence-electron chi connectivity index (χ4n) is 1.63. The van der Waals surface area contributed by atoms with Crippen molar-refractivity contribution in [1.29, 1.82) is 0 Å². The van der Waals surface area contributed by atoms with E-state index in [1.165, 1.54) is 25.3 Å². The van der Waals surface area contributed by atoms with E-state index in [4.69, 9.17) is 34.8 Å². The fourth-order valence-corrected chi connectivity index (χ4v) is 2.28. The van der Waals surface area contributed by atoms with E-state index in [0.29, 0.717) is 11.1 Å². The molecule has 0 amide bonds. The molecule has 0 spiro atoms. The number of pyridine rings is 1. The molecule has 7 heteroatoms. The van der Waals surface area contributed by atoms with E-state index in [9.17, 15) is 9.18 Å². The Morgan fingerprint density at radius 3 is 2.40 bits per heavy atom. The highest BCUT2D eigenvalue weighted by Crippen LogP contribution is 2.36. The summed E-state index contributed by atoms with van der Waals surface area (Å²) in [5, 5.41) is 0.791. The van der Waals surface area contributed by atoms with Crippen LogP contribution in [-0.2, 0) is 4.74 Å². The monoisotopic (exact) mass is 333 g/mol. The van der Waals surface area contributed by atoms with Gasteiger partial charge in [0, 0.05) is 11.1 Å². The summed E-state index contributed by atoms with van der Waals surface area (Å²) in [6.07, 6.45) is 0. The number of carbonyl (C=O) groups excluding carboxylic acids is 1. The van der Waals surface area contributed by atoms with Gasteiger partial charge in [-0.3, -0.25) is 0 Å². The van der Waals surface area contributed by atoms with E-state index < -0.39 is 11.9 Å². The average Bonchev–Trinajstić information content (AvgIpc) is 2.42. The number of hydrogen-bond donors (Lipinski definition) is 0. The van der Waals surface area contributed by atoms with Crippen molar-refractivity contribution in [3.63, 3.8) is 0 Å². The number of ether oxygens (including phenoxy) is 1. The van der Waals surface area contributed by atoms with E-state index >= 15 is 0 Å². The maximum atomic E-state index is 13.2. The second kappa shape index (κ2) is 5.95. The molecule has 0 aliphatic rings. The summed E-state index contributed by atoms with van der Waals surface area (Å²) in [7, 11) is 1.18. The number of benzene rings is 1. The highest BCUT2D eigenvalue weighted by atomic mass is 35.5. The summed E-state index contributed by atoms with van der Waals surface area (Å²) < 4.78 is 17.8. The SMILES string of the molecule is COC(=O)c1nc(F)ccc1-c1cc(Cl)c(Cl)cc1Cl. The van der Waals surface area contributed by atoms with Crippen LogP contribution in [0.5, 0.6) is 0 Å². The first kappa shape index (κ1) is 15.0. The molecule has 0 aliphatic carbocycles. The predicted octanol–water partition coefficient (Wildman–Crippen LogP) is 4.63. The smallest absolute Gasteiger partial charge is 0.357 e. The van der Waals surface area contributed by atoms with Gasteiger partial charge in [-0.15, -0.1) is 0 Å². The van der Waals surface area contributed by atoms with Crippen LogP contribution in [0.25, 0.3) is 11.1 Å². The van der Waals surface area contributed by atoms with Crippen LogP contribution in [0.3, 0.4) is 0 Å². The van der Waals surface area contributed by atoms with Crippen LogP contribution in [0.1, 0.15) is 10.5 Å². The third-order valence-corrected chi connectivity index (χ3v) is 3.58. The van der Waals surface area contributed by atoms with Gasteiger partial charge in [0.25, 0.3) is 0 Å². The van der Waals surface area contributed by atoms with Crippen LogP contribution in [0.2, 0.25) is 15.1 Å². The van der Waals surface area contributed by atoms with Crippen molar-refractivity contribution in [2.45, 2.75) is 0 Å². The van der Waals surface area contributed by atoms with E-state index in [2.05, 4.69) is 9.72 Å². The van der Waals surface area contributed by atoms with Crippen molar-refractivity contribution >= 4 is 40.8 Å². The molecule has 1 heterocycles. The summed E-state index contributed by atoms with van der Waals surface area (Å²) in [5.74, 6) is -1.58. The zero-order chi connectivity index (χ0) is 14.9. The lowest BCUT2D eigenvalue weighted by atomic mass is 10.0. The van der Waals surface area contributed by atoms with E-state index in [1.807, 2.05) is 0 Å². The first-order chi connectivity index (χ1) is 9.43. The number of esters is 1. The van der Waals surface area contributed by atoms with E-state index in [-0.39, 0.29) is 20.8 Å². The molecule has 0 fully saturated rings. The summed E-state index contributed by atoms with van der Waals surface area (Å²) in [6.45, 7) is 0. The fraction of sp³-hybridized carbons (Fsp3) is 0.0769. The molecule has 0 atom stereocenters. The molecule has 3 nitrogen and oxygen atoms in total. The Morgan fingerprint density at radius 1 is 1.10 bits per heavy atom. The normalized spacial score (nSPS) is 10.4. The highest BCUT2D eigenvalue weighted by molar-refractivity contribution is 6.44. The van der Waals surface area contributed by atoms with Crippen molar-refractivity contribution < 1.29 is 13.9 Å². The second-order valence-corrected chi connectivity index (χ2v) is 4.99. The summed E-state index contributed by atoms with van der Waals surface area (Å²) in [5.41, 5.74) is 0.531. The first-order valence-corrected chi connectivity index (χ1v) is 6.47. The molecular formula is C13H7Cl3FNO2. The minimum absolute atomic E-state index is 0.187. The molecule has 0 saturated carbocycles. The van der Waals surface area contributed by atoms with Gasteiger partial charge in [-0.05, 0) is 24.3 Å². The van der Waals surface area contributed by atoms with Gasteiger partial charge in [-0.2, -0.15) is 4.39 Å². The third kappa shape index (κ3) is 2.87. The molecular weight excluding hydrogens is 328 g/mol. The number of nitrogens with zero attached hydrogens (tertiary/aromatic N) is 1. The van der Waals surface area contributed by atoms with E-state index in [0.717, 1.165) is 6.07 Å². The van der Waals surface area contributed by atoms with Gasteiger partial charge in [-0.25, -0.2) is 9.78 Å². The Bertz CT molecular complexity index is 692. The maximum Gasteiger partial charge on any atom is 0.357 e. The van der Waals surface area contributed by atoms with Gasteiger partial charge in [0.15, 0.2) is 5.69 Å². The molecule has 0 aliphatic heterocycles. The van der Waals surface area contributed by atoms with Gasteiger partial charge in [0.1, 0.15) is 0 Å². The Kier molecular flexibility index (Phi) is 4.48. The molecule has 1 aromatic carbocycles.